The van der Waals surface area contributed by atoms with Crippen LogP contribution in [0.2, 0.25) is 0 Å². The summed E-state index contributed by atoms with van der Waals surface area (Å²) in [6.07, 6.45) is 4.97. The lowest BCUT2D eigenvalue weighted by atomic mass is 9.82. The predicted molar refractivity (Wildman–Crippen MR) is 118 cm³/mol. The molecule has 2 unspecified atom stereocenters. The molecule has 1 aromatic carbocycles. The average molecular weight is 467 g/mol. The predicted octanol–water partition coefficient (Wildman–Crippen LogP) is 3.59. The monoisotopic (exact) mass is 467 g/mol. The van der Waals surface area contributed by atoms with Gasteiger partial charge >= 0.3 is 0 Å². The zero-order valence-electron chi connectivity index (χ0n) is 15.7. The molecule has 26 heavy (non-hydrogen) atoms. The van der Waals surface area contributed by atoms with E-state index in [-0.39, 0.29) is 24.0 Å². The van der Waals surface area contributed by atoms with Crippen LogP contribution in [0.25, 0.3) is 0 Å². The van der Waals surface area contributed by atoms with Crippen molar-refractivity contribution >= 4 is 29.9 Å². The third kappa shape index (κ3) is 5.46. The lowest BCUT2D eigenvalue weighted by Gasteiger charge is -2.39. The third-order valence-corrected chi connectivity index (χ3v) is 4.92. The van der Waals surface area contributed by atoms with Crippen LogP contribution in [0.1, 0.15) is 31.7 Å². The second-order valence-electron chi connectivity index (χ2n) is 6.73. The van der Waals surface area contributed by atoms with E-state index >= 15 is 0 Å². The first-order chi connectivity index (χ1) is 12.3. The van der Waals surface area contributed by atoms with Crippen molar-refractivity contribution in [2.75, 3.05) is 26.2 Å². The first-order valence-corrected chi connectivity index (χ1v) is 9.33. The van der Waals surface area contributed by atoms with Gasteiger partial charge in [0, 0.05) is 32.0 Å². The lowest BCUT2D eigenvalue weighted by molar-refractivity contribution is 0.234. The SMILES string of the molecule is CCNC(=NCCn1cccn1)N1CCC(c2ccccc2)C(C)C1.I. The van der Waals surface area contributed by atoms with Gasteiger partial charge in [0.15, 0.2) is 5.96 Å². The smallest absolute Gasteiger partial charge is 0.193 e. The Hall–Kier alpha value is -1.57. The molecule has 142 valence electrons. The molecule has 0 amide bonds. The maximum atomic E-state index is 4.81. The Bertz CT molecular complexity index is 656. The molecule has 1 aliphatic heterocycles. The van der Waals surface area contributed by atoms with Gasteiger partial charge in [-0.15, -0.1) is 24.0 Å². The van der Waals surface area contributed by atoms with E-state index in [9.17, 15) is 0 Å². The fourth-order valence-electron chi connectivity index (χ4n) is 3.65. The Balaban J connectivity index is 0.00000243. The average Bonchev–Trinajstić information content (AvgIpc) is 3.15. The minimum Gasteiger partial charge on any atom is -0.357 e. The normalized spacial score (nSPS) is 20.5. The molecule has 0 spiro atoms. The molecular weight excluding hydrogens is 437 g/mol. The van der Waals surface area contributed by atoms with Gasteiger partial charge in [-0.1, -0.05) is 37.3 Å². The zero-order chi connectivity index (χ0) is 17.5. The van der Waals surface area contributed by atoms with Crippen molar-refractivity contribution < 1.29 is 0 Å². The molecule has 2 atom stereocenters. The summed E-state index contributed by atoms with van der Waals surface area (Å²) in [5.74, 6) is 2.29. The zero-order valence-corrected chi connectivity index (χ0v) is 18.0. The van der Waals surface area contributed by atoms with Crippen LogP contribution in [0.5, 0.6) is 0 Å². The number of hydrogen-bond donors (Lipinski definition) is 1. The highest BCUT2D eigenvalue weighted by Gasteiger charge is 2.28. The molecular formula is C20H30IN5. The summed E-state index contributed by atoms with van der Waals surface area (Å²) < 4.78 is 1.93. The standard InChI is InChI=1S/C20H29N5.HI/c1-3-21-20(22-12-15-25-13-7-11-23-25)24-14-10-19(17(2)16-24)18-8-5-4-6-9-18;/h4-9,11,13,17,19H,3,10,12,14-16H2,1-2H3,(H,21,22);1H. The van der Waals surface area contributed by atoms with Gasteiger partial charge in [-0.25, -0.2) is 0 Å². The number of hydrogen-bond acceptors (Lipinski definition) is 2. The summed E-state index contributed by atoms with van der Waals surface area (Å²) in [6, 6.07) is 12.9. The number of halogens is 1. The molecule has 5 nitrogen and oxygen atoms in total. The van der Waals surface area contributed by atoms with E-state index in [4.69, 9.17) is 4.99 Å². The third-order valence-electron chi connectivity index (χ3n) is 4.92. The fraction of sp³-hybridized carbons (Fsp3) is 0.500. The number of guanidine groups is 1. The molecule has 0 aliphatic carbocycles. The second-order valence-corrected chi connectivity index (χ2v) is 6.73. The van der Waals surface area contributed by atoms with Crippen LogP contribution in [-0.2, 0) is 6.54 Å². The van der Waals surface area contributed by atoms with E-state index in [1.807, 2.05) is 23.1 Å². The molecule has 2 heterocycles. The number of benzene rings is 1. The van der Waals surface area contributed by atoms with Gasteiger partial charge in [0.1, 0.15) is 0 Å². The van der Waals surface area contributed by atoms with E-state index in [1.54, 1.807) is 0 Å². The van der Waals surface area contributed by atoms with Gasteiger partial charge < -0.3 is 10.2 Å². The van der Waals surface area contributed by atoms with Crippen LogP contribution >= 0.6 is 24.0 Å². The quantitative estimate of drug-likeness (QED) is 0.416. The molecule has 1 N–H and O–H groups in total. The molecule has 6 heteroatoms. The number of rotatable bonds is 5. The maximum Gasteiger partial charge on any atom is 0.193 e. The molecule has 3 rings (SSSR count). The highest BCUT2D eigenvalue weighted by Crippen LogP contribution is 2.32. The lowest BCUT2D eigenvalue weighted by Crippen LogP contribution is -2.48. The van der Waals surface area contributed by atoms with Crippen molar-refractivity contribution in [1.29, 1.82) is 0 Å². The summed E-state index contributed by atoms with van der Waals surface area (Å²) in [7, 11) is 0. The van der Waals surface area contributed by atoms with E-state index in [2.05, 4.69) is 59.5 Å². The number of nitrogens with one attached hydrogen (secondary N) is 1. The Kier molecular flexibility index (Phi) is 8.41. The number of aromatic nitrogens is 2. The van der Waals surface area contributed by atoms with Crippen LogP contribution in [0.4, 0.5) is 0 Å². The van der Waals surface area contributed by atoms with Crippen molar-refractivity contribution in [3.63, 3.8) is 0 Å². The topological polar surface area (TPSA) is 45.5 Å². The van der Waals surface area contributed by atoms with Crippen molar-refractivity contribution in [1.82, 2.24) is 20.0 Å². The molecule has 1 aliphatic rings. The van der Waals surface area contributed by atoms with Crippen molar-refractivity contribution in [2.45, 2.75) is 32.7 Å². The highest BCUT2D eigenvalue weighted by atomic mass is 127. The molecule has 0 bridgehead atoms. The van der Waals surface area contributed by atoms with Gasteiger partial charge in [-0.05, 0) is 36.8 Å². The maximum absolute atomic E-state index is 4.81. The number of nitrogens with zero attached hydrogens (tertiary/aromatic N) is 4. The van der Waals surface area contributed by atoms with Crippen LogP contribution in [0.15, 0.2) is 53.8 Å². The van der Waals surface area contributed by atoms with Crippen LogP contribution < -0.4 is 5.32 Å². The van der Waals surface area contributed by atoms with E-state index in [0.717, 1.165) is 38.7 Å². The Morgan fingerprint density at radius 2 is 2.08 bits per heavy atom. The molecule has 2 aromatic rings. The first kappa shape index (κ1) is 20.7. The van der Waals surface area contributed by atoms with Gasteiger partial charge in [-0.2, -0.15) is 5.10 Å². The summed E-state index contributed by atoms with van der Waals surface area (Å²) in [6.45, 7) is 9.05. The van der Waals surface area contributed by atoms with Crippen LogP contribution in [0, 0.1) is 5.92 Å². The minimum absolute atomic E-state index is 0. The molecule has 1 saturated heterocycles. The van der Waals surface area contributed by atoms with Gasteiger partial charge in [0.05, 0.1) is 13.1 Å². The van der Waals surface area contributed by atoms with Crippen molar-refractivity contribution in [3.05, 3.63) is 54.4 Å². The second kappa shape index (κ2) is 10.5. The van der Waals surface area contributed by atoms with E-state index in [1.165, 1.54) is 12.0 Å². The van der Waals surface area contributed by atoms with Gasteiger partial charge in [0.25, 0.3) is 0 Å². The molecule has 0 saturated carbocycles. The summed E-state index contributed by atoms with van der Waals surface area (Å²) in [5.41, 5.74) is 1.47. The Morgan fingerprint density at radius 3 is 2.73 bits per heavy atom. The largest absolute Gasteiger partial charge is 0.357 e. The summed E-state index contributed by atoms with van der Waals surface area (Å²) >= 11 is 0. The van der Waals surface area contributed by atoms with Crippen LogP contribution in [-0.4, -0.2) is 46.8 Å². The Labute approximate surface area is 173 Å². The van der Waals surface area contributed by atoms with Crippen molar-refractivity contribution in [2.24, 2.45) is 10.9 Å². The van der Waals surface area contributed by atoms with Crippen molar-refractivity contribution in [3.8, 4) is 0 Å². The molecule has 0 radical (unpaired) electrons. The molecule has 1 aromatic heterocycles. The van der Waals surface area contributed by atoms with E-state index < -0.39 is 0 Å². The fourth-order valence-corrected chi connectivity index (χ4v) is 3.65. The summed E-state index contributed by atoms with van der Waals surface area (Å²) in [4.78, 5) is 7.23. The first-order valence-electron chi connectivity index (χ1n) is 9.33. The minimum atomic E-state index is 0. The number of aliphatic imine (C=N–C) groups is 1. The van der Waals surface area contributed by atoms with Crippen LogP contribution in [0.3, 0.4) is 0 Å². The number of piperidine rings is 1. The highest BCUT2D eigenvalue weighted by molar-refractivity contribution is 14.0. The molecule has 1 fully saturated rings. The van der Waals surface area contributed by atoms with Gasteiger partial charge in [-0.3, -0.25) is 9.67 Å². The van der Waals surface area contributed by atoms with Gasteiger partial charge in [0.2, 0.25) is 0 Å². The number of likely N-dealkylation sites (tertiary alicyclic amines) is 1. The van der Waals surface area contributed by atoms with E-state index in [0.29, 0.717) is 11.8 Å². The Morgan fingerprint density at radius 1 is 1.27 bits per heavy atom. The summed E-state index contributed by atoms with van der Waals surface area (Å²) in [5, 5.41) is 7.69.